The van der Waals surface area contributed by atoms with Gasteiger partial charge in [0.15, 0.2) is 0 Å². The largest absolute Gasteiger partial charge is 0.396 e. The lowest BCUT2D eigenvalue weighted by Crippen LogP contribution is -2.47. The Hall–Kier alpha value is -0.690. The summed E-state index contributed by atoms with van der Waals surface area (Å²) < 4.78 is 0. The second kappa shape index (κ2) is 6.72. The summed E-state index contributed by atoms with van der Waals surface area (Å²) in [6.07, 6.45) is -0.0166. The topological polar surface area (TPSA) is 110 Å². The van der Waals surface area contributed by atoms with Crippen LogP contribution in [0.1, 0.15) is 6.42 Å². The Morgan fingerprint density at radius 3 is 2.00 bits per heavy atom. The molecule has 6 nitrogen and oxygen atoms in total. The van der Waals surface area contributed by atoms with Crippen molar-refractivity contribution in [1.29, 1.82) is 0 Å². The van der Waals surface area contributed by atoms with Crippen LogP contribution in [-0.2, 0) is 4.79 Å². The molecule has 0 spiro atoms. The predicted octanol–water partition coefficient (Wildman–Crippen LogP) is -2.55. The molecule has 0 atom stereocenters. The molecule has 0 aliphatic heterocycles. The zero-order chi connectivity index (χ0) is 11.0. The van der Waals surface area contributed by atoms with Crippen LogP contribution in [0.5, 0.6) is 0 Å². The van der Waals surface area contributed by atoms with E-state index >= 15 is 0 Å². The van der Waals surface area contributed by atoms with Crippen LogP contribution in [0.3, 0.4) is 0 Å². The van der Waals surface area contributed by atoms with Crippen LogP contribution in [0.4, 0.5) is 0 Å². The van der Waals surface area contributed by atoms with Gasteiger partial charge in [-0.1, -0.05) is 0 Å². The molecule has 5 N–H and O–H groups in total. The lowest BCUT2D eigenvalue weighted by Gasteiger charge is -2.27. The van der Waals surface area contributed by atoms with Gasteiger partial charge in [0.2, 0.25) is 5.91 Å². The minimum absolute atomic E-state index is 0.0166. The fraction of sp³-hybridized carbons (Fsp3) is 0.875. The highest BCUT2D eigenvalue weighted by Gasteiger charge is 2.36. The second-order valence-electron chi connectivity index (χ2n) is 3.05. The van der Waals surface area contributed by atoms with Crippen molar-refractivity contribution in [1.82, 2.24) is 5.32 Å². The van der Waals surface area contributed by atoms with Crippen LogP contribution in [0, 0.1) is 5.41 Å². The smallest absolute Gasteiger partial charge is 0.231 e. The number of carbonyl (C=O) groups is 1. The van der Waals surface area contributed by atoms with Gasteiger partial charge in [-0.3, -0.25) is 4.79 Å². The molecule has 0 aromatic carbocycles. The average molecular weight is 207 g/mol. The molecule has 84 valence electrons. The first kappa shape index (κ1) is 13.3. The third kappa shape index (κ3) is 3.22. The molecule has 6 heteroatoms. The molecule has 0 unspecified atom stereocenters. The van der Waals surface area contributed by atoms with Crippen molar-refractivity contribution >= 4 is 5.91 Å². The summed E-state index contributed by atoms with van der Waals surface area (Å²) in [5, 5.41) is 37.5. The highest BCUT2D eigenvalue weighted by molar-refractivity contribution is 5.82. The van der Waals surface area contributed by atoms with Gasteiger partial charge in [-0.25, -0.2) is 0 Å². The van der Waals surface area contributed by atoms with Gasteiger partial charge in [0.05, 0.1) is 25.2 Å². The third-order valence-electron chi connectivity index (χ3n) is 2.07. The molecule has 0 aromatic heterocycles. The molecule has 0 aliphatic carbocycles. The van der Waals surface area contributed by atoms with Crippen molar-refractivity contribution in [3.05, 3.63) is 0 Å². The normalized spacial score (nSPS) is 11.4. The monoisotopic (exact) mass is 207 g/mol. The van der Waals surface area contributed by atoms with Crippen molar-refractivity contribution in [2.75, 3.05) is 33.0 Å². The molecule has 0 saturated heterocycles. The number of nitrogens with one attached hydrogen (secondary N) is 1. The summed E-state index contributed by atoms with van der Waals surface area (Å²) in [5.74, 6) is -0.564. The van der Waals surface area contributed by atoms with Gasteiger partial charge in [0.1, 0.15) is 0 Å². The Morgan fingerprint density at radius 2 is 1.64 bits per heavy atom. The van der Waals surface area contributed by atoms with Gasteiger partial charge in [0, 0.05) is 13.2 Å². The number of amides is 1. The summed E-state index contributed by atoms with van der Waals surface area (Å²) in [7, 11) is 0. The molecule has 14 heavy (non-hydrogen) atoms. The van der Waals surface area contributed by atoms with Crippen LogP contribution in [0.2, 0.25) is 0 Å². The number of carbonyl (C=O) groups excluding carboxylic acids is 1. The number of hydrogen-bond acceptors (Lipinski definition) is 5. The summed E-state index contributed by atoms with van der Waals surface area (Å²) in [4.78, 5) is 11.4. The van der Waals surface area contributed by atoms with Crippen molar-refractivity contribution in [3.8, 4) is 0 Å². The predicted molar refractivity (Wildman–Crippen MR) is 48.4 cm³/mol. The van der Waals surface area contributed by atoms with Crippen LogP contribution >= 0.6 is 0 Å². The summed E-state index contributed by atoms with van der Waals surface area (Å²) in [6.45, 7) is -1.53. The lowest BCUT2D eigenvalue weighted by molar-refractivity contribution is -0.137. The van der Waals surface area contributed by atoms with Gasteiger partial charge in [-0.05, 0) is 6.42 Å². The van der Waals surface area contributed by atoms with Crippen molar-refractivity contribution in [3.63, 3.8) is 0 Å². The average Bonchev–Trinajstić information content (AvgIpc) is 2.22. The number of hydrogen-bond donors (Lipinski definition) is 5. The van der Waals surface area contributed by atoms with E-state index in [1.54, 1.807) is 0 Å². The van der Waals surface area contributed by atoms with E-state index in [4.69, 9.17) is 20.4 Å². The molecule has 0 aromatic rings. The standard InChI is InChI=1S/C8H17NO5/c10-3-1-8(5-12,6-13)7(14)9-2-4-11/h10-13H,1-6H2,(H,9,14). The quantitative estimate of drug-likeness (QED) is 0.316. The molecular formula is C8H17NO5. The third-order valence-corrected chi connectivity index (χ3v) is 2.07. The first-order chi connectivity index (χ1) is 6.66. The maximum absolute atomic E-state index is 11.4. The fourth-order valence-electron chi connectivity index (χ4n) is 1.04. The van der Waals surface area contributed by atoms with E-state index in [0.717, 1.165) is 0 Å². The summed E-state index contributed by atoms with van der Waals surface area (Å²) in [6, 6.07) is 0. The molecule has 0 heterocycles. The van der Waals surface area contributed by atoms with Gasteiger partial charge in [0.25, 0.3) is 0 Å². The van der Waals surface area contributed by atoms with Crippen LogP contribution in [-0.4, -0.2) is 59.3 Å². The molecule has 0 radical (unpaired) electrons. The van der Waals surface area contributed by atoms with Gasteiger partial charge in [-0.2, -0.15) is 0 Å². The first-order valence-electron chi connectivity index (χ1n) is 4.38. The highest BCUT2D eigenvalue weighted by Crippen LogP contribution is 2.20. The number of rotatable bonds is 7. The number of aliphatic hydroxyl groups excluding tert-OH is 4. The van der Waals surface area contributed by atoms with E-state index < -0.39 is 24.5 Å². The maximum Gasteiger partial charge on any atom is 0.231 e. The molecule has 0 fully saturated rings. The molecule has 0 bridgehead atoms. The maximum atomic E-state index is 11.4. The van der Waals surface area contributed by atoms with Crippen molar-refractivity contribution in [2.24, 2.45) is 5.41 Å². The summed E-state index contributed by atoms with van der Waals surface area (Å²) >= 11 is 0. The van der Waals surface area contributed by atoms with E-state index in [-0.39, 0.29) is 26.2 Å². The zero-order valence-corrected chi connectivity index (χ0v) is 7.94. The highest BCUT2D eigenvalue weighted by atomic mass is 16.3. The number of aliphatic hydroxyl groups is 4. The minimum atomic E-state index is -1.36. The van der Waals surface area contributed by atoms with E-state index in [1.165, 1.54) is 0 Å². The van der Waals surface area contributed by atoms with Crippen LogP contribution < -0.4 is 5.32 Å². The zero-order valence-electron chi connectivity index (χ0n) is 7.94. The Bertz CT molecular complexity index is 169. The minimum Gasteiger partial charge on any atom is -0.396 e. The van der Waals surface area contributed by atoms with Crippen molar-refractivity contribution < 1.29 is 25.2 Å². The van der Waals surface area contributed by atoms with Gasteiger partial charge in [-0.15, -0.1) is 0 Å². The lowest BCUT2D eigenvalue weighted by atomic mass is 9.85. The molecule has 1 amide bonds. The van der Waals surface area contributed by atoms with E-state index in [2.05, 4.69) is 5.32 Å². The van der Waals surface area contributed by atoms with Crippen molar-refractivity contribution in [2.45, 2.75) is 6.42 Å². The molecule has 0 aliphatic rings. The SMILES string of the molecule is O=C(NCCO)C(CO)(CO)CCO. The van der Waals surface area contributed by atoms with E-state index in [0.29, 0.717) is 0 Å². The molecule has 0 rings (SSSR count). The van der Waals surface area contributed by atoms with Gasteiger partial charge >= 0.3 is 0 Å². The molecular weight excluding hydrogens is 190 g/mol. The Morgan fingerprint density at radius 1 is 1.07 bits per heavy atom. The Labute approximate surface area is 82.2 Å². The van der Waals surface area contributed by atoms with Crippen LogP contribution in [0.25, 0.3) is 0 Å². The second-order valence-corrected chi connectivity index (χ2v) is 3.05. The first-order valence-corrected chi connectivity index (χ1v) is 4.38. The fourth-order valence-corrected chi connectivity index (χ4v) is 1.04. The Kier molecular flexibility index (Phi) is 6.39. The Balaban J connectivity index is 4.37. The molecule has 0 saturated carbocycles. The van der Waals surface area contributed by atoms with E-state index in [1.807, 2.05) is 0 Å². The van der Waals surface area contributed by atoms with E-state index in [9.17, 15) is 4.79 Å². The van der Waals surface area contributed by atoms with Gasteiger partial charge < -0.3 is 25.7 Å². The van der Waals surface area contributed by atoms with Crippen LogP contribution in [0.15, 0.2) is 0 Å². The summed E-state index contributed by atoms with van der Waals surface area (Å²) in [5.41, 5.74) is -1.36.